The quantitative estimate of drug-likeness (QED) is 0.775. The zero-order valence-electron chi connectivity index (χ0n) is 10.8. The highest BCUT2D eigenvalue weighted by Gasteiger charge is 2.12. The van der Waals surface area contributed by atoms with Crippen LogP contribution in [0.2, 0.25) is 5.02 Å². The minimum absolute atomic E-state index is 0.279. The number of halogens is 1. The van der Waals surface area contributed by atoms with E-state index in [-0.39, 0.29) is 6.04 Å². The normalized spacial score (nSPS) is 11.8. The Morgan fingerprint density at radius 3 is 2.82 bits per heavy atom. The maximum absolute atomic E-state index is 6.07. The molecule has 1 aromatic carbocycles. The van der Waals surface area contributed by atoms with Crippen molar-refractivity contribution < 1.29 is 0 Å². The summed E-state index contributed by atoms with van der Waals surface area (Å²) in [5.74, 6) is 6.10. The van der Waals surface area contributed by atoms with Gasteiger partial charge in [-0.25, -0.2) is 0 Å². The number of benzene rings is 1. The van der Waals surface area contributed by atoms with Crippen LogP contribution < -0.4 is 5.32 Å². The lowest BCUT2D eigenvalue weighted by Crippen LogP contribution is -2.22. The van der Waals surface area contributed by atoms with Gasteiger partial charge in [0.05, 0.1) is 0 Å². The van der Waals surface area contributed by atoms with E-state index in [4.69, 9.17) is 11.6 Å². The predicted molar refractivity (Wildman–Crippen MR) is 75.3 cm³/mol. The number of aryl methyl sites for hydroxylation is 1. The average Bonchev–Trinajstić information content (AvgIpc) is 2.33. The molecule has 0 aliphatic carbocycles. The third kappa shape index (κ3) is 4.42. The fourth-order valence-electron chi connectivity index (χ4n) is 1.80. The van der Waals surface area contributed by atoms with E-state index in [2.05, 4.69) is 37.1 Å². The molecule has 0 aliphatic rings. The third-order valence-corrected chi connectivity index (χ3v) is 2.98. The minimum atomic E-state index is 0.279. The highest BCUT2D eigenvalue weighted by Crippen LogP contribution is 2.24. The van der Waals surface area contributed by atoms with E-state index in [1.165, 1.54) is 11.1 Å². The van der Waals surface area contributed by atoms with E-state index in [1.54, 1.807) is 0 Å². The molecule has 0 saturated carbocycles. The van der Waals surface area contributed by atoms with E-state index in [0.717, 1.165) is 24.4 Å². The van der Waals surface area contributed by atoms with Gasteiger partial charge < -0.3 is 5.32 Å². The van der Waals surface area contributed by atoms with Crippen LogP contribution in [0.1, 0.15) is 43.9 Å². The molecule has 1 N–H and O–H groups in total. The molecule has 0 bridgehead atoms. The highest BCUT2D eigenvalue weighted by atomic mass is 35.5. The largest absolute Gasteiger partial charge is 0.309 e. The molecule has 0 saturated heterocycles. The van der Waals surface area contributed by atoms with E-state index in [9.17, 15) is 0 Å². The van der Waals surface area contributed by atoms with Crippen LogP contribution >= 0.6 is 11.6 Å². The van der Waals surface area contributed by atoms with Gasteiger partial charge in [0, 0.05) is 17.5 Å². The summed E-state index contributed by atoms with van der Waals surface area (Å²) >= 11 is 6.07. The Bertz CT molecular complexity index is 415. The maximum Gasteiger partial charge on any atom is 0.0434 e. The molecule has 0 fully saturated rings. The smallest absolute Gasteiger partial charge is 0.0434 e. The summed E-state index contributed by atoms with van der Waals surface area (Å²) in [6.45, 7) is 7.16. The summed E-state index contributed by atoms with van der Waals surface area (Å²) in [5, 5.41) is 4.32. The van der Waals surface area contributed by atoms with Crippen LogP contribution in [0.4, 0.5) is 0 Å². The Morgan fingerprint density at radius 1 is 1.41 bits per heavy atom. The molecule has 0 radical (unpaired) electrons. The van der Waals surface area contributed by atoms with Crippen LogP contribution in [0, 0.1) is 18.8 Å². The molecule has 1 unspecified atom stereocenters. The summed E-state index contributed by atoms with van der Waals surface area (Å²) in [6.07, 6.45) is 1.95. The topological polar surface area (TPSA) is 12.0 Å². The van der Waals surface area contributed by atoms with Gasteiger partial charge in [0.15, 0.2) is 0 Å². The second-order valence-corrected chi connectivity index (χ2v) is 4.57. The number of nitrogens with one attached hydrogen (secondary N) is 1. The summed E-state index contributed by atoms with van der Waals surface area (Å²) in [5.41, 5.74) is 2.52. The summed E-state index contributed by atoms with van der Waals surface area (Å²) in [6, 6.07) is 6.32. The van der Waals surface area contributed by atoms with Gasteiger partial charge in [-0.05, 0) is 50.1 Å². The van der Waals surface area contributed by atoms with Crippen molar-refractivity contribution in [3.8, 4) is 11.8 Å². The number of rotatable bonds is 5. The molecule has 17 heavy (non-hydrogen) atoms. The maximum atomic E-state index is 6.07. The fourth-order valence-corrected chi connectivity index (χ4v) is 1.98. The van der Waals surface area contributed by atoms with Crippen molar-refractivity contribution in [3.63, 3.8) is 0 Å². The standard InChI is InChI=1S/C15H20ClN/c1-4-6-7-15(17-10-5-2)14-11-13(16)9-8-12(14)3/h8-9,11,15,17H,5,7,10H2,1-3H3. The lowest BCUT2D eigenvalue weighted by Gasteiger charge is -2.19. The molecule has 1 nitrogen and oxygen atoms in total. The molecule has 0 aliphatic heterocycles. The fraction of sp³-hybridized carbons (Fsp3) is 0.467. The predicted octanol–water partition coefficient (Wildman–Crippen LogP) is 4.10. The second-order valence-electron chi connectivity index (χ2n) is 4.14. The van der Waals surface area contributed by atoms with Crippen molar-refractivity contribution in [2.24, 2.45) is 0 Å². The van der Waals surface area contributed by atoms with E-state index in [0.29, 0.717) is 0 Å². The van der Waals surface area contributed by atoms with Gasteiger partial charge in [0.25, 0.3) is 0 Å². The first-order chi connectivity index (χ1) is 8.19. The van der Waals surface area contributed by atoms with Gasteiger partial charge in [0.1, 0.15) is 0 Å². The third-order valence-electron chi connectivity index (χ3n) is 2.74. The van der Waals surface area contributed by atoms with E-state index < -0.39 is 0 Å². The molecule has 0 spiro atoms. The Morgan fingerprint density at radius 2 is 2.18 bits per heavy atom. The van der Waals surface area contributed by atoms with Gasteiger partial charge >= 0.3 is 0 Å². The first-order valence-electron chi connectivity index (χ1n) is 6.08. The van der Waals surface area contributed by atoms with Crippen LogP contribution in [0.3, 0.4) is 0 Å². The highest BCUT2D eigenvalue weighted by molar-refractivity contribution is 6.30. The summed E-state index contributed by atoms with van der Waals surface area (Å²) in [7, 11) is 0. The minimum Gasteiger partial charge on any atom is -0.309 e. The van der Waals surface area contributed by atoms with E-state index >= 15 is 0 Å². The van der Waals surface area contributed by atoms with Crippen molar-refractivity contribution in [1.29, 1.82) is 0 Å². The molecular weight excluding hydrogens is 230 g/mol. The summed E-state index contributed by atoms with van der Waals surface area (Å²) < 4.78 is 0. The zero-order valence-corrected chi connectivity index (χ0v) is 11.6. The van der Waals surface area contributed by atoms with E-state index in [1.807, 2.05) is 19.1 Å². The Labute approximate surface area is 110 Å². The molecular formula is C15H20ClN. The van der Waals surface area contributed by atoms with Crippen LogP contribution in [-0.2, 0) is 0 Å². The van der Waals surface area contributed by atoms with Crippen molar-refractivity contribution in [2.75, 3.05) is 6.54 Å². The number of hydrogen-bond acceptors (Lipinski definition) is 1. The molecule has 2 heteroatoms. The lowest BCUT2D eigenvalue weighted by molar-refractivity contribution is 0.540. The van der Waals surface area contributed by atoms with Gasteiger partial charge in [-0.2, -0.15) is 0 Å². The Hall–Kier alpha value is -0.970. The van der Waals surface area contributed by atoms with Crippen molar-refractivity contribution in [2.45, 2.75) is 39.7 Å². The Kier molecular flexibility index (Phi) is 6.11. The van der Waals surface area contributed by atoms with Gasteiger partial charge in [-0.1, -0.05) is 24.6 Å². The number of hydrogen-bond donors (Lipinski definition) is 1. The molecule has 1 atom stereocenters. The first kappa shape index (κ1) is 14.1. The van der Waals surface area contributed by atoms with Crippen molar-refractivity contribution >= 4 is 11.6 Å². The second kappa shape index (κ2) is 7.37. The van der Waals surface area contributed by atoms with Crippen molar-refractivity contribution in [3.05, 3.63) is 34.3 Å². The van der Waals surface area contributed by atoms with Crippen LogP contribution in [0.15, 0.2) is 18.2 Å². The van der Waals surface area contributed by atoms with Crippen LogP contribution in [0.25, 0.3) is 0 Å². The SMILES string of the molecule is CC#CCC(NCCC)c1cc(Cl)ccc1C. The monoisotopic (exact) mass is 249 g/mol. The molecule has 1 aromatic rings. The molecule has 1 rings (SSSR count). The first-order valence-corrected chi connectivity index (χ1v) is 6.45. The molecule has 92 valence electrons. The summed E-state index contributed by atoms with van der Waals surface area (Å²) in [4.78, 5) is 0. The van der Waals surface area contributed by atoms with Crippen molar-refractivity contribution in [1.82, 2.24) is 5.32 Å². The van der Waals surface area contributed by atoms with Crippen LogP contribution in [-0.4, -0.2) is 6.54 Å². The van der Waals surface area contributed by atoms with Gasteiger partial charge in [-0.3, -0.25) is 0 Å². The lowest BCUT2D eigenvalue weighted by atomic mass is 9.99. The molecule has 0 heterocycles. The zero-order chi connectivity index (χ0) is 12.7. The average molecular weight is 250 g/mol. The van der Waals surface area contributed by atoms with Crippen LogP contribution in [0.5, 0.6) is 0 Å². The van der Waals surface area contributed by atoms with Gasteiger partial charge in [-0.15, -0.1) is 11.8 Å². The van der Waals surface area contributed by atoms with Gasteiger partial charge in [0.2, 0.25) is 0 Å². The molecule has 0 amide bonds. The Balaban J connectivity index is 2.92. The molecule has 0 aromatic heterocycles.